The summed E-state index contributed by atoms with van der Waals surface area (Å²) in [5.74, 6) is 0.793. The Kier molecular flexibility index (Phi) is 6.74. The first-order valence-corrected chi connectivity index (χ1v) is 7.95. The van der Waals surface area contributed by atoms with Crippen LogP contribution in [0.25, 0.3) is 0 Å². The minimum Gasteiger partial charge on any atom is -0.491 e. The molecule has 0 saturated heterocycles. The van der Waals surface area contributed by atoms with Crippen molar-refractivity contribution in [2.24, 2.45) is 0 Å². The number of benzene rings is 1. The lowest BCUT2D eigenvalue weighted by atomic mass is 10.1. The Hall–Kier alpha value is 0.130. The molecule has 0 N–H and O–H groups in total. The number of unbranched alkanes of at least 4 members (excludes halogenated alkanes) is 1. The molecule has 0 bridgehead atoms. The predicted octanol–water partition coefficient (Wildman–Crippen LogP) is 4.97. The first-order chi connectivity index (χ1) is 8.06. The molecule has 0 unspecified atom stereocenters. The van der Waals surface area contributed by atoms with E-state index >= 15 is 0 Å². The zero-order valence-corrected chi connectivity index (χ0v) is 14.2. The van der Waals surface area contributed by atoms with Gasteiger partial charge in [-0.2, -0.15) is 0 Å². The van der Waals surface area contributed by atoms with Gasteiger partial charge in [-0.25, -0.2) is 0 Å². The lowest BCUT2D eigenvalue weighted by Gasteiger charge is -2.11. The fourth-order valence-electron chi connectivity index (χ4n) is 1.27. The number of carbonyl (C=O) groups is 1. The van der Waals surface area contributed by atoms with Crippen LogP contribution >= 0.6 is 47.8 Å². The van der Waals surface area contributed by atoms with Crippen LogP contribution < -0.4 is 4.74 Å². The van der Waals surface area contributed by atoms with E-state index in [0.29, 0.717) is 12.2 Å². The van der Waals surface area contributed by atoms with Crippen molar-refractivity contribution in [3.8, 4) is 5.75 Å². The van der Waals surface area contributed by atoms with Gasteiger partial charge in [-0.15, -0.1) is 0 Å². The van der Waals surface area contributed by atoms with Crippen LogP contribution in [0.1, 0.15) is 30.1 Å². The van der Waals surface area contributed by atoms with Gasteiger partial charge in [0.25, 0.3) is 0 Å². The van der Waals surface area contributed by atoms with Crippen LogP contribution in [0.2, 0.25) is 0 Å². The van der Waals surface area contributed by atoms with Crippen LogP contribution in [-0.2, 0) is 0 Å². The molecule has 0 spiro atoms. The maximum absolute atomic E-state index is 11.3. The fourth-order valence-corrected chi connectivity index (χ4v) is 3.08. The van der Waals surface area contributed by atoms with Gasteiger partial charge >= 0.3 is 0 Å². The van der Waals surface area contributed by atoms with Crippen molar-refractivity contribution in [2.75, 3.05) is 11.9 Å². The Morgan fingerprint density at radius 2 is 1.82 bits per heavy atom. The molecule has 0 aliphatic carbocycles. The maximum Gasteiger partial charge on any atom is 0.159 e. The molecular weight excluding hydrogens is 416 g/mol. The van der Waals surface area contributed by atoms with Crippen LogP contribution in [0.3, 0.4) is 0 Å². The highest BCUT2D eigenvalue weighted by molar-refractivity contribution is 9.11. The summed E-state index contributed by atoms with van der Waals surface area (Å²) in [6.45, 7) is 2.22. The third-order valence-electron chi connectivity index (χ3n) is 2.18. The molecule has 17 heavy (non-hydrogen) atoms. The Morgan fingerprint density at radius 1 is 1.24 bits per heavy atom. The summed E-state index contributed by atoms with van der Waals surface area (Å²) in [5, 5.41) is 0.988. The molecule has 94 valence electrons. The van der Waals surface area contributed by atoms with Crippen LogP contribution in [-0.4, -0.2) is 17.7 Å². The molecule has 2 nitrogen and oxygen atoms in total. The van der Waals surface area contributed by atoms with E-state index in [1.807, 2.05) is 0 Å². The van der Waals surface area contributed by atoms with Gasteiger partial charge in [0, 0.05) is 10.9 Å². The van der Waals surface area contributed by atoms with E-state index in [4.69, 9.17) is 4.74 Å². The zero-order valence-electron chi connectivity index (χ0n) is 9.43. The third kappa shape index (κ3) is 4.72. The maximum atomic E-state index is 11.3. The Labute approximate surface area is 126 Å². The topological polar surface area (TPSA) is 26.3 Å². The molecule has 0 atom stereocenters. The van der Waals surface area contributed by atoms with Gasteiger partial charge in [0.05, 0.1) is 15.6 Å². The minimum absolute atomic E-state index is 0.0391. The summed E-state index contributed by atoms with van der Waals surface area (Å²) >= 11 is 10.2. The standard InChI is InChI=1S/C12H13Br3O2/c1-8(16)9-6-10(14)12(11(15)7-9)17-5-3-2-4-13/h6-7H,2-5H2,1H3. The number of carbonyl (C=O) groups excluding carboxylic acids is 1. The summed E-state index contributed by atoms with van der Waals surface area (Å²) in [5.41, 5.74) is 0.663. The van der Waals surface area contributed by atoms with Gasteiger partial charge in [-0.05, 0) is 63.8 Å². The fraction of sp³-hybridized carbons (Fsp3) is 0.417. The smallest absolute Gasteiger partial charge is 0.159 e. The SMILES string of the molecule is CC(=O)c1cc(Br)c(OCCCCBr)c(Br)c1. The molecule has 0 fully saturated rings. The number of ether oxygens (including phenoxy) is 1. The second-order valence-electron chi connectivity index (χ2n) is 3.57. The van der Waals surface area contributed by atoms with Gasteiger partial charge in [0.1, 0.15) is 5.75 Å². The van der Waals surface area contributed by atoms with Crippen molar-refractivity contribution in [1.82, 2.24) is 0 Å². The van der Waals surface area contributed by atoms with Crippen molar-refractivity contribution in [3.63, 3.8) is 0 Å². The molecular formula is C12H13Br3O2. The number of hydrogen-bond acceptors (Lipinski definition) is 2. The second kappa shape index (κ2) is 7.54. The molecule has 5 heteroatoms. The molecule has 1 aromatic rings. The van der Waals surface area contributed by atoms with Gasteiger partial charge < -0.3 is 4.74 Å². The number of halogens is 3. The molecule has 1 aromatic carbocycles. The minimum atomic E-state index is 0.0391. The molecule has 0 radical (unpaired) electrons. The van der Waals surface area contributed by atoms with Crippen molar-refractivity contribution >= 4 is 53.6 Å². The van der Waals surface area contributed by atoms with E-state index in [0.717, 1.165) is 32.9 Å². The van der Waals surface area contributed by atoms with Crippen LogP contribution in [0.5, 0.6) is 5.75 Å². The van der Waals surface area contributed by atoms with Crippen LogP contribution in [0.4, 0.5) is 0 Å². The van der Waals surface area contributed by atoms with Crippen molar-refractivity contribution in [1.29, 1.82) is 0 Å². The van der Waals surface area contributed by atoms with E-state index in [2.05, 4.69) is 47.8 Å². The number of hydrogen-bond donors (Lipinski definition) is 0. The zero-order chi connectivity index (χ0) is 12.8. The quantitative estimate of drug-likeness (QED) is 0.363. The molecule has 0 aromatic heterocycles. The highest BCUT2D eigenvalue weighted by atomic mass is 79.9. The first-order valence-electron chi connectivity index (χ1n) is 5.25. The van der Waals surface area contributed by atoms with Gasteiger partial charge in [-0.3, -0.25) is 4.79 Å². The van der Waals surface area contributed by atoms with E-state index in [-0.39, 0.29) is 5.78 Å². The van der Waals surface area contributed by atoms with Crippen molar-refractivity contribution < 1.29 is 9.53 Å². The molecule has 0 amide bonds. The Bertz CT molecular complexity index is 382. The van der Waals surface area contributed by atoms with Gasteiger partial charge in [0.15, 0.2) is 5.78 Å². The summed E-state index contributed by atoms with van der Waals surface area (Å²) < 4.78 is 7.28. The predicted molar refractivity (Wildman–Crippen MR) is 80.4 cm³/mol. The van der Waals surface area contributed by atoms with E-state index in [9.17, 15) is 4.79 Å². The second-order valence-corrected chi connectivity index (χ2v) is 6.07. The lowest BCUT2D eigenvalue weighted by Crippen LogP contribution is -2.01. The molecule has 0 heterocycles. The third-order valence-corrected chi connectivity index (χ3v) is 3.92. The molecule has 0 aliphatic heterocycles. The molecule has 0 saturated carbocycles. The Balaban J connectivity index is 2.76. The van der Waals surface area contributed by atoms with E-state index < -0.39 is 0 Å². The summed E-state index contributed by atoms with van der Waals surface area (Å²) in [4.78, 5) is 11.3. The van der Waals surface area contributed by atoms with E-state index in [1.165, 1.54) is 0 Å². The largest absolute Gasteiger partial charge is 0.491 e. The van der Waals surface area contributed by atoms with E-state index in [1.54, 1.807) is 19.1 Å². The number of ketones is 1. The number of rotatable bonds is 6. The monoisotopic (exact) mass is 426 g/mol. The highest BCUT2D eigenvalue weighted by Gasteiger charge is 2.10. The first kappa shape index (κ1) is 15.2. The van der Waals surface area contributed by atoms with Gasteiger partial charge in [0.2, 0.25) is 0 Å². The van der Waals surface area contributed by atoms with Crippen LogP contribution in [0.15, 0.2) is 21.1 Å². The number of alkyl halides is 1. The lowest BCUT2D eigenvalue weighted by molar-refractivity contribution is 0.101. The summed E-state index contributed by atoms with van der Waals surface area (Å²) in [7, 11) is 0. The van der Waals surface area contributed by atoms with Crippen LogP contribution in [0, 0.1) is 0 Å². The summed E-state index contributed by atoms with van der Waals surface area (Å²) in [6.07, 6.45) is 2.08. The molecule has 1 rings (SSSR count). The normalized spacial score (nSPS) is 10.4. The molecule has 0 aliphatic rings. The van der Waals surface area contributed by atoms with Crippen molar-refractivity contribution in [3.05, 3.63) is 26.6 Å². The average molecular weight is 429 g/mol. The number of Topliss-reactive ketones (excluding diaryl/α,β-unsaturated/α-hetero) is 1. The Morgan fingerprint density at radius 3 is 2.29 bits per heavy atom. The average Bonchev–Trinajstić information content (AvgIpc) is 2.26. The van der Waals surface area contributed by atoms with Gasteiger partial charge in [-0.1, -0.05) is 15.9 Å². The summed E-state index contributed by atoms with van der Waals surface area (Å²) in [6, 6.07) is 3.57. The highest BCUT2D eigenvalue weighted by Crippen LogP contribution is 2.35. The van der Waals surface area contributed by atoms with Crippen molar-refractivity contribution in [2.45, 2.75) is 19.8 Å².